The molecular formula is C16H13ClN2O2. The monoisotopic (exact) mass is 300 g/mol. The van der Waals surface area contributed by atoms with Crippen LogP contribution in [0.2, 0.25) is 5.02 Å². The van der Waals surface area contributed by atoms with Gasteiger partial charge in [-0.25, -0.2) is 0 Å². The Morgan fingerprint density at radius 2 is 1.90 bits per heavy atom. The van der Waals surface area contributed by atoms with Crippen molar-refractivity contribution in [3.63, 3.8) is 0 Å². The third-order valence-electron chi connectivity index (χ3n) is 3.37. The summed E-state index contributed by atoms with van der Waals surface area (Å²) in [5, 5.41) is 19.8. The number of hydrogen-bond acceptors (Lipinski definition) is 3. The molecule has 0 saturated heterocycles. The molecule has 0 spiro atoms. The summed E-state index contributed by atoms with van der Waals surface area (Å²) in [5.74, 6) is 0.689. The highest BCUT2D eigenvalue weighted by molar-refractivity contribution is 6.31. The minimum absolute atomic E-state index is 0.0342. The molecule has 0 radical (unpaired) electrons. The largest absolute Gasteiger partial charge is 0.497 e. The minimum Gasteiger partial charge on any atom is -0.497 e. The molecule has 0 fully saturated rings. The number of aromatic amines is 1. The van der Waals surface area contributed by atoms with Crippen LogP contribution in [0.1, 0.15) is 11.1 Å². The molecule has 0 aliphatic carbocycles. The van der Waals surface area contributed by atoms with Crippen LogP contribution < -0.4 is 4.74 Å². The Kier molecular flexibility index (Phi) is 3.31. The van der Waals surface area contributed by atoms with Gasteiger partial charge in [0, 0.05) is 16.0 Å². The van der Waals surface area contributed by atoms with Crippen molar-refractivity contribution in [3.8, 4) is 11.6 Å². The topological polar surface area (TPSA) is 69.1 Å². The fraction of sp³-hybridized carbons (Fsp3) is 0.0625. The molecule has 21 heavy (non-hydrogen) atoms. The summed E-state index contributed by atoms with van der Waals surface area (Å²) in [6.07, 6.45) is 0. The molecule has 5 heteroatoms. The van der Waals surface area contributed by atoms with Crippen LogP contribution in [0.15, 0.2) is 42.5 Å². The summed E-state index contributed by atoms with van der Waals surface area (Å²) >= 11 is 5.94. The maximum Gasteiger partial charge on any atom is 0.199 e. The van der Waals surface area contributed by atoms with Gasteiger partial charge in [0.05, 0.1) is 23.9 Å². The van der Waals surface area contributed by atoms with Crippen molar-refractivity contribution in [1.82, 2.24) is 4.98 Å². The molecule has 0 bridgehead atoms. The molecule has 0 saturated carbocycles. The first-order valence-electron chi connectivity index (χ1n) is 6.33. The van der Waals surface area contributed by atoms with E-state index >= 15 is 0 Å². The number of aromatic hydroxyl groups is 1. The van der Waals surface area contributed by atoms with Gasteiger partial charge in [-0.1, -0.05) is 17.7 Å². The Morgan fingerprint density at radius 3 is 2.57 bits per heavy atom. The lowest BCUT2D eigenvalue weighted by molar-refractivity contribution is 0.415. The SMILES string of the molecule is COc1ccc(C(=N)c2c(O)[nH]c3cc(Cl)ccc23)cc1. The normalized spacial score (nSPS) is 10.8. The highest BCUT2D eigenvalue weighted by Crippen LogP contribution is 2.31. The van der Waals surface area contributed by atoms with E-state index in [4.69, 9.17) is 21.7 Å². The van der Waals surface area contributed by atoms with Crippen LogP contribution >= 0.6 is 11.6 Å². The fourth-order valence-corrected chi connectivity index (χ4v) is 2.48. The lowest BCUT2D eigenvalue weighted by atomic mass is 10.0. The summed E-state index contributed by atoms with van der Waals surface area (Å²) in [6, 6.07) is 12.4. The zero-order valence-electron chi connectivity index (χ0n) is 11.3. The summed E-state index contributed by atoms with van der Waals surface area (Å²) in [5.41, 5.74) is 2.10. The molecule has 0 aliphatic heterocycles. The molecule has 0 aliphatic rings. The molecule has 4 nitrogen and oxygen atoms in total. The van der Waals surface area contributed by atoms with E-state index in [-0.39, 0.29) is 11.6 Å². The maximum absolute atomic E-state index is 10.1. The van der Waals surface area contributed by atoms with E-state index in [9.17, 15) is 5.11 Å². The second-order valence-electron chi connectivity index (χ2n) is 4.64. The molecule has 3 rings (SSSR count). The first-order chi connectivity index (χ1) is 10.1. The molecule has 3 N–H and O–H groups in total. The summed E-state index contributed by atoms with van der Waals surface area (Å²) in [6.45, 7) is 0. The highest BCUT2D eigenvalue weighted by Gasteiger charge is 2.17. The summed E-state index contributed by atoms with van der Waals surface area (Å²) in [4.78, 5) is 2.85. The quantitative estimate of drug-likeness (QED) is 0.641. The molecule has 106 valence electrons. The van der Waals surface area contributed by atoms with Crippen molar-refractivity contribution in [3.05, 3.63) is 58.6 Å². The highest BCUT2D eigenvalue weighted by atomic mass is 35.5. The predicted molar refractivity (Wildman–Crippen MR) is 83.9 cm³/mol. The van der Waals surface area contributed by atoms with Gasteiger partial charge in [-0.15, -0.1) is 0 Å². The number of aromatic nitrogens is 1. The number of fused-ring (bicyclic) bond motifs is 1. The number of methoxy groups -OCH3 is 1. The summed E-state index contributed by atoms with van der Waals surface area (Å²) in [7, 11) is 1.59. The van der Waals surface area contributed by atoms with Gasteiger partial charge in [-0.2, -0.15) is 0 Å². The van der Waals surface area contributed by atoms with Crippen molar-refractivity contribution in [2.75, 3.05) is 7.11 Å². The lowest BCUT2D eigenvalue weighted by Gasteiger charge is -2.05. The van der Waals surface area contributed by atoms with Crippen LogP contribution in [0.3, 0.4) is 0 Å². The van der Waals surface area contributed by atoms with Crippen molar-refractivity contribution in [2.45, 2.75) is 0 Å². The van der Waals surface area contributed by atoms with Crippen molar-refractivity contribution in [2.24, 2.45) is 0 Å². The average molecular weight is 301 g/mol. The van der Waals surface area contributed by atoms with Gasteiger partial charge in [-0.3, -0.25) is 5.41 Å². The smallest absolute Gasteiger partial charge is 0.199 e. The van der Waals surface area contributed by atoms with Gasteiger partial charge in [0.2, 0.25) is 0 Å². The zero-order valence-corrected chi connectivity index (χ0v) is 12.0. The predicted octanol–water partition coefficient (Wildman–Crippen LogP) is 3.95. The van der Waals surface area contributed by atoms with Crippen LogP contribution in [0, 0.1) is 5.41 Å². The molecule has 3 aromatic rings. The van der Waals surface area contributed by atoms with Gasteiger partial charge >= 0.3 is 0 Å². The first-order valence-corrected chi connectivity index (χ1v) is 6.71. The molecule has 0 unspecified atom stereocenters. The van der Waals surface area contributed by atoms with Crippen LogP contribution in [0.5, 0.6) is 11.6 Å². The second kappa shape index (κ2) is 5.14. The minimum atomic E-state index is -0.0342. The molecule has 2 aromatic carbocycles. The van der Waals surface area contributed by atoms with E-state index in [0.29, 0.717) is 21.7 Å². The van der Waals surface area contributed by atoms with Gasteiger partial charge in [0.25, 0.3) is 0 Å². The average Bonchev–Trinajstić information content (AvgIpc) is 2.81. The van der Waals surface area contributed by atoms with Crippen molar-refractivity contribution >= 4 is 28.2 Å². The Balaban J connectivity index is 2.10. The number of H-pyrrole nitrogens is 1. The van der Waals surface area contributed by atoms with Gasteiger partial charge in [0.1, 0.15) is 5.75 Å². The van der Waals surface area contributed by atoms with E-state index in [1.54, 1.807) is 49.6 Å². The standard InChI is InChI=1S/C16H13ClN2O2/c1-21-11-5-2-9(3-6-11)15(18)14-12-7-4-10(17)8-13(12)19-16(14)20/h2-8,18-20H,1H3. The Bertz CT molecular complexity index is 822. The van der Waals surface area contributed by atoms with Crippen molar-refractivity contribution in [1.29, 1.82) is 5.41 Å². The molecule has 0 atom stereocenters. The van der Waals surface area contributed by atoms with Crippen LogP contribution in [-0.4, -0.2) is 22.9 Å². The zero-order chi connectivity index (χ0) is 15.0. The molecule has 1 heterocycles. The maximum atomic E-state index is 10.1. The number of benzene rings is 2. The van der Waals surface area contributed by atoms with Crippen LogP contribution in [-0.2, 0) is 0 Å². The number of hydrogen-bond donors (Lipinski definition) is 3. The number of ether oxygens (including phenoxy) is 1. The van der Waals surface area contributed by atoms with E-state index in [2.05, 4.69) is 4.98 Å². The fourth-order valence-electron chi connectivity index (χ4n) is 2.31. The number of rotatable bonds is 3. The molecule has 1 aromatic heterocycles. The summed E-state index contributed by atoms with van der Waals surface area (Å²) < 4.78 is 5.11. The second-order valence-corrected chi connectivity index (χ2v) is 5.08. The van der Waals surface area contributed by atoms with E-state index in [0.717, 1.165) is 11.1 Å². The van der Waals surface area contributed by atoms with E-state index in [1.165, 1.54) is 0 Å². The Morgan fingerprint density at radius 1 is 1.19 bits per heavy atom. The molecular weight excluding hydrogens is 288 g/mol. The third kappa shape index (κ3) is 2.34. The van der Waals surface area contributed by atoms with Gasteiger partial charge < -0.3 is 14.8 Å². The Labute approximate surface area is 126 Å². The van der Waals surface area contributed by atoms with Crippen LogP contribution in [0.25, 0.3) is 10.9 Å². The Hall–Kier alpha value is -2.46. The van der Waals surface area contributed by atoms with Gasteiger partial charge in [0.15, 0.2) is 5.88 Å². The van der Waals surface area contributed by atoms with Gasteiger partial charge in [-0.05, 0) is 36.4 Å². The van der Waals surface area contributed by atoms with Crippen molar-refractivity contribution < 1.29 is 9.84 Å². The third-order valence-corrected chi connectivity index (χ3v) is 3.60. The van der Waals surface area contributed by atoms with Crippen LogP contribution in [0.4, 0.5) is 0 Å². The first kappa shape index (κ1) is 13.5. The number of halogens is 1. The number of nitrogens with one attached hydrogen (secondary N) is 2. The lowest BCUT2D eigenvalue weighted by Crippen LogP contribution is -2.00. The van der Waals surface area contributed by atoms with E-state index in [1.807, 2.05) is 0 Å². The van der Waals surface area contributed by atoms with E-state index < -0.39 is 0 Å². The molecule has 0 amide bonds.